The minimum Gasteiger partial charge on any atom is -0.444 e. The normalized spacial score (nSPS) is 11.7. The van der Waals surface area contributed by atoms with Crippen molar-refractivity contribution < 1.29 is 40.7 Å². The number of rotatable bonds is 9. The fraction of sp³-hybridized carbons (Fsp3) is 0.269. The monoisotopic (exact) mass is 565 g/mol. The summed E-state index contributed by atoms with van der Waals surface area (Å²) in [6.07, 6.45) is 0.246. The van der Waals surface area contributed by atoms with Crippen molar-refractivity contribution in [3.8, 4) is 0 Å². The van der Waals surface area contributed by atoms with E-state index in [-0.39, 0.29) is 12.2 Å². The van der Waals surface area contributed by atoms with Gasteiger partial charge in [-0.05, 0) is 68.8 Å². The van der Waals surface area contributed by atoms with Crippen LogP contribution in [0.1, 0.15) is 36.7 Å². The van der Waals surface area contributed by atoms with Crippen LogP contribution in [0.3, 0.4) is 0 Å². The highest BCUT2D eigenvalue weighted by atomic mass is 32.2. The molecule has 0 atom stereocenters. The second-order valence-electron chi connectivity index (χ2n) is 9.26. The van der Waals surface area contributed by atoms with Gasteiger partial charge in [0.2, 0.25) is 0 Å². The van der Waals surface area contributed by atoms with E-state index in [2.05, 4.69) is 10.3 Å². The molecular weight excluding hydrogens is 539 g/mol. The number of methoxy groups -OCH3 is 1. The molecule has 0 unspecified atom stereocenters. The lowest BCUT2D eigenvalue weighted by Gasteiger charge is -2.24. The quantitative estimate of drug-likeness (QED) is 0.285. The van der Waals surface area contributed by atoms with Crippen molar-refractivity contribution in [2.24, 2.45) is 0 Å². The number of anilines is 2. The number of hydrogen-bond acceptors (Lipinski definition) is 7. The number of carbonyl (C=O) groups excluding carboxylic acids is 2. The molecule has 1 aromatic heterocycles. The summed E-state index contributed by atoms with van der Waals surface area (Å²) in [6.45, 7) is 4.30. The molecule has 208 valence electrons. The molecule has 0 saturated carbocycles. The summed E-state index contributed by atoms with van der Waals surface area (Å²) in [5.41, 5.74) is -1.44. The Morgan fingerprint density at radius 2 is 1.77 bits per heavy atom. The molecular formula is C26H26F3N3O6S. The maximum absolute atomic E-state index is 15.6. The number of nitrogens with zero attached hydrogens (tertiary/aromatic N) is 2. The van der Waals surface area contributed by atoms with Crippen molar-refractivity contribution in [1.82, 2.24) is 4.98 Å². The van der Waals surface area contributed by atoms with Gasteiger partial charge in [0.25, 0.3) is 10.0 Å². The largest absolute Gasteiger partial charge is 0.444 e. The zero-order chi connectivity index (χ0) is 29.0. The lowest BCUT2D eigenvalue weighted by molar-refractivity contribution is 0.0635. The van der Waals surface area contributed by atoms with Crippen molar-refractivity contribution in [3.05, 3.63) is 83.3 Å². The molecule has 0 fully saturated rings. The molecule has 0 saturated heterocycles. The number of nitrogens with one attached hydrogen (secondary N) is 1. The van der Waals surface area contributed by atoms with Crippen LogP contribution in [0.2, 0.25) is 0 Å². The zero-order valence-electron chi connectivity index (χ0n) is 21.5. The van der Waals surface area contributed by atoms with Gasteiger partial charge in [0.05, 0.1) is 11.3 Å². The summed E-state index contributed by atoms with van der Waals surface area (Å²) in [5, 5.41) is 2.44. The van der Waals surface area contributed by atoms with Crippen LogP contribution in [-0.4, -0.2) is 44.7 Å². The number of ether oxygens (including phenoxy) is 2. The van der Waals surface area contributed by atoms with Crippen LogP contribution in [0.25, 0.3) is 0 Å². The third kappa shape index (κ3) is 7.33. The Balaban J connectivity index is 1.91. The fourth-order valence-corrected chi connectivity index (χ4v) is 4.91. The van der Waals surface area contributed by atoms with Gasteiger partial charge in [-0.1, -0.05) is 6.07 Å². The highest BCUT2D eigenvalue weighted by molar-refractivity contribution is 7.92. The lowest BCUT2D eigenvalue weighted by atomic mass is 10.0. The highest BCUT2D eigenvalue weighted by Gasteiger charge is 2.31. The second-order valence-corrected chi connectivity index (χ2v) is 11.1. The van der Waals surface area contributed by atoms with Crippen LogP contribution in [0.15, 0.2) is 59.6 Å². The summed E-state index contributed by atoms with van der Waals surface area (Å²) < 4.78 is 80.4. The first-order valence-electron chi connectivity index (χ1n) is 11.5. The Bertz CT molecular complexity index is 1490. The van der Waals surface area contributed by atoms with Gasteiger partial charge >= 0.3 is 6.09 Å². The first kappa shape index (κ1) is 29.6. The fourth-order valence-electron chi connectivity index (χ4n) is 3.45. The predicted octanol–water partition coefficient (Wildman–Crippen LogP) is 5.07. The van der Waals surface area contributed by atoms with E-state index >= 15 is 4.39 Å². The van der Waals surface area contributed by atoms with E-state index in [4.69, 9.17) is 9.47 Å². The Kier molecular flexibility index (Phi) is 8.97. The number of aromatic nitrogens is 1. The predicted molar refractivity (Wildman–Crippen MR) is 136 cm³/mol. The third-order valence-corrected chi connectivity index (χ3v) is 6.82. The summed E-state index contributed by atoms with van der Waals surface area (Å²) in [4.78, 5) is 28.0. The molecule has 39 heavy (non-hydrogen) atoms. The molecule has 3 aromatic rings. The molecule has 3 rings (SSSR count). The number of sulfonamides is 1. The molecule has 2 aromatic carbocycles. The molecule has 0 radical (unpaired) electrons. The van der Waals surface area contributed by atoms with E-state index in [1.54, 1.807) is 20.8 Å². The standard InChI is InChI=1S/C26H26F3N3O6S/c1-26(2,3)38-25(34)31-23-13-16(10-11-30-23)12-21(33)18-6-5-7-20(24(18)29)32(15-37-4)39(35,36)22-14-17(27)8-9-19(22)28/h5-11,13-14H,12,15H2,1-4H3,(H,30,31,34). The van der Waals surface area contributed by atoms with E-state index in [1.165, 1.54) is 24.4 Å². The Labute approximate surface area is 223 Å². The van der Waals surface area contributed by atoms with Gasteiger partial charge in [0, 0.05) is 19.7 Å². The lowest BCUT2D eigenvalue weighted by Crippen LogP contribution is -2.34. The van der Waals surface area contributed by atoms with Crippen LogP contribution < -0.4 is 9.62 Å². The summed E-state index contributed by atoms with van der Waals surface area (Å²) in [5.74, 6) is -4.11. The first-order chi connectivity index (χ1) is 18.2. The molecule has 1 amide bonds. The van der Waals surface area contributed by atoms with Crippen molar-refractivity contribution in [2.45, 2.75) is 37.7 Å². The maximum atomic E-state index is 15.6. The SMILES string of the molecule is COCN(c1cccc(C(=O)Cc2ccnc(NC(=O)OC(C)(C)C)c2)c1F)S(=O)(=O)c1cc(F)ccc1F. The summed E-state index contributed by atoms with van der Waals surface area (Å²) >= 11 is 0. The molecule has 0 aliphatic rings. The van der Waals surface area contributed by atoms with Gasteiger partial charge in [-0.3, -0.25) is 10.1 Å². The second kappa shape index (κ2) is 11.8. The minimum absolute atomic E-state index is 0.0956. The van der Waals surface area contributed by atoms with E-state index in [9.17, 15) is 26.8 Å². The number of hydrogen-bond donors (Lipinski definition) is 1. The Morgan fingerprint density at radius 3 is 2.44 bits per heavy atom. The van der Waals surface area contributed by atoms with Gasteiger partial charge in [-0.15, -0.1) is 0 Å². The van der Waals surface area contributed by atoms with Crippen molar-refractivity contribution >= 4 is 33.4 Å². The number of benzene rings is 2. The van der Waals surface area contributed by atoms with Gasteiger partial charge in [-0.25, -0.2) is 35.7 Å². The van der Waals surface area contributed by atoms with E-state index in [0.717, 1.165) is 25.3 Å². The Morgan fingerprint density at radius 1 is 1.05 bits per heavy atom. The van der Waals surface area contributed by atoms with Crippen LogP contribution in [0, 0.1) is 17.5 Å². The van der Waals surface area contributed by atoms with Gasteiger partial charge < -0.3 is 9.47 Å². The average Bonchev–Trinajstić information content (AvgIpc) is 2.83. The topological polar surface area (TPSA) is 115 Å². The summed E-state index contributed by atoms with van der Waals surface area (Å²) in [7, 11) is -3.71. The molecule has 1 heterocycles. The Hall–Kier alpha value is -3.97. The molecule has 13 heteroatoms. The van der Waals surface area contributed by atoms with Gasteiger partial charge in [0.15, 0.2) is 11.6 Å². The number of amides is 1. The molecule has 0 aliphatic heterocycles. The van der Waals surface area contributed by atoms with Crippen LogP contribution in [-0.2, 0) is 25.9 Å². The van der Waals surface area contributed by atoms with E-state index < -0.39 is 67.8 Å². The van der Waals surface area contributed by atoms with E-state index in [0.29, 0.717) is 22.0 Å². The number of carbonyl (C=O) groups is 2. The molecule has 0 spiro atoms. The zero-order valence-corrected chi connectivity index (χ0v) is 22.3. The maximum Gasteiger partial charge on any atom is 0.413 e. The van der Waals surface area contributed by atoms with Crippen molar-refractivity contribution in [2.75, 3.05) is 23.5 Å². The number of ketones is 1. The number of Topliss-reactive ketones (excluding diaryl/α,β-unsaturated/α-hetero) is 1. The smallest absolute Gasteiger partial charge is 0.413 e. The van der Waals surface area contributed by atoms with Gasteiger partial charge in [0.1, 0.15) is 34.7 Å². The van der Waals surface area contributed by atoms with E-state index in [1.807, 2.05) is 0 Å². The van der Waals surface area contributed by atoms with Crippen LogP contribution in [0.5, 0.6) is 0 Å². The summed E-state index contributed by atoms with van der Waals surface area (Å²) in [6, 6.07) is 8.18. The third-order valence-electron chi connectivity index (χ3n) is 5.07. The molecule has 1 N–H and O–H groups in total. The molecule has 0 bridgehead atoms. The first-order valence-corrected chi connectivity index (χ1v) is 12.9. The minimum atomic E-state index is -4.84. The molecule has 9 nitrogen and oxygen atoms in total. The van der Waals surface area contributed by atoms with Crippen molar-refractivity contribution in [1.29, 1.82) is 0 Å². The number of pyridine rings is 1. The highest BCUT2D eigenvalue weighted by Crippen LogP contribution is 2.30. The van der Waals surface area contributed by atoms with Crippen molar-refractivity contribution in [3.63, 3.8) is 0 Å². The van der Waals surface area contributed by atoms with Crippen LogP contribution in [0.4, 0.5) is 29.5 Å². The average molecular weight is 566 g/mol. The van der Waals surface area contributed by atoms with Gasteiger partial charge in [-0.2, -0.15) is 0 Å². The van der Waals surface area contributed by atoms with Crippen LogP contribution >= 0.6 is 0 Å². The molecule has 0 aliphatic carbocycles. The number of halogens is 3.